The Hall–Kier alpha value is -3.33. The second-order valence-corrected chi connectivity index (χ2v) is 5.82. The van der Waals surface area contributed by atoms with E-state index in [0.717, 1.165) is 0 Å². The molecule has 9 nitrogen and oxygen atoms in total. The van der Waals surface area contributed by atoms with E-state index in [-0.39, 0.29) is 30.0 Å². The molecule has 3 rings (SSSR count). The molecular weight excluding hydrogens is 354 g/mol. The molecule has 9 heteroatoms. The number of benzene rings is 1. The largest absolute Gasteiger partial charge is 0.497 e. The molecule has 2 aliphatic heterocycles. The van der Waals surface area contributed by atoms with Crippen LogP contribution in [-0.4, -0.2) is 52.8 Å². The number of hydrogen-bond acceptors (Lipinski definition) is 7. The first kappa shape index (κ1) is 18.5. The molecule has 1 unspecified atom stereocenters. The summed E-state index contributed by atoms with van der Waals surface area (Å²) in [6, 6.07) is 6.97. The lowest BCUT2D eigenvalue weighted by molar-refractivity contribution is 0.0598. The Kier molecular flexibility index (Phi) is 5.41. The summed E-state index contributed by atoms with van der Waals surface area (Å²) >= 11 is 0. The van der Waals surface area contributed by atoms with Gasteiger partial charge in [0.2, 0.25) is 0 Å². The second-order valence-electron chi connectivity index (χ2n) is 5.82. The molecule has 0 saturated carbocycles. The number of nitrogens with one attached hydrogen (secondary N) is 1. The number of aliphatic hydroxyl groups excluding tert-OH is 1. The minimum atomic E-state index is -0.873. The number of fused-ring (bicyclic) bond motifs is 1. The van der Waals surface area contributed by atoms with Gasteiger partial charge in [-0.2, -0.15) is 5.10 Å². The first-order valence-corrected chi connectivity index (χ1v) is 8.13. The highest BCUT2D eigenvalue weighted by atomic mass is 16.5. The Morgan fingerprint density at radius 1 is 1.22 bits per heavy atom. The fourth-order valence-corrected chi connectivity index (χ4v) is 2.61. The van der Waals surface area contributed by atoms with E-state index in [0.29, 0.717) is 11.5 Å². The highest BCUT2D eigenvalue weighted by Gasteiger charge is 2.22. The molecule has 2 N–H and O–H groups in total. The van der Waals surface area contributed by atoms with E-state index < -0.39 is 17.6 Å². The zero-order valence-corrected chi connectivity index (χ0v) is 14.8. The Labute approximate surface area is 154 Å². The molecule has 142 valence electrons. The zero-order valence-electron chi connectivity index (χ0n) is 14.8. The van der Waals surface area contributed by atoms with Gasteiger partial charge in [-0.1, -0.05) is 0 Å². The van der Waals surface area contributed by atoms with Crippen LogP contribution in [0, 0.1) is 0 Å². The van der Waals surface area contributed by atoms with Gasteiger partial charge in [0, 0.05) is 12.4 Å². The van der Waals surface area contributed by atoms with Crippen molar-refractivity contribution in [1.82, 2.24) is 14.8 Å². The SMILES string of the molecule is COC(=O)c1cn(CC(O)COc2ccc(OC)cc2)cc2c(=O)[nH]nc1-2. The van der Waals surface area contributed by atoms with E-state index in [2.05, 4.69) is 10.2 Å². The summed E-state index contributed by atoms with van der Waals surface area (Å²) in [6.07, 6.45) is 2.12. The average molecular weight is 373 g/mol. The smallest absolute Gasteiger partial charge is 0.341 e. The van der Waals surface area contributed by atoms with E-state index >= 15 is 0 Å². The predicted octanol–water partition coefficient (Wildman–Crippen LogP) is 0.911. The molecule has 0 radical (unpaired) electrons. The van der Waals surface area contributed by atoms with Crippen molar-refractivity contribution in [3.8, 4) is 22.8 Å². The van der Waals surface area contributed by atoms with E-state index in [9.17, 15) is 14.7 Å². The number of aromatic nitrogens is 3. The standard InChI is InChI=1S/C18H19N3O6/c1-25-12-3-5-13(6-4-12)27-10-11(22)7-21-8-14-16(19-20-17(14)23)15(9-21)18(24)26-2/h3-6,8-9,11,22H,7,10H2,1-2H3,(H,20,23). The van der Waals surface area contributed by atoms with Crippen LogP contribution in [0.25, 0.3) is 11.3 Å². The minimum absolute atomic E-state index is 0.0283. The Bertz CT molecular complexity index is 947. The molecule has 1 atom stereocenters. The normalized spacial score (nSPS) is 12.0. The molecule has 0 saturated heterocycles. The molecule has 2 aliphatic rings. The summed E-state index contributed by atoms with van der Waals surface area (Å²) in [5.41, 5.74) is 0.179. The number of rotatable bonds is 7. The van der Waals surface area contributed by atoms with Crippen molar-refractivity contribution in [1.29, 1.82) is 0 Å². The number of methoxy groups -OCH3 is 2. The van der Waals surface area contributed by atoms with Crippen LogP contribution in [0.2, 0.25) is 0 Å². The van der Waals surface area contributed by atoms with Crippen LogP contribution < -0.4 is 15.0 Å². The fraction of sp³-hybridized carbons (Fsp3) is 0.278. The van der Waals surface area contributed by atoms with Gasteiger partial charge in [-0.25, -0.2) is 9.89 Å². The summed E-state index contributed by atoms with van der Waals surface area (Å²) in [6.45, 7) is 0.140. The van der Waals surface area contributed by atoms with Crippen molar-refractivity contribution in [2.75, 3.05) is 20.8 Å². The lowest BCUT2D eigenvalue weighted by Gasteiger charge is -2.16. The summed E-state index contributed by atoms with van der Waals surface area (Å²) in [4.78, 5) is 23.8. The maximum absolute atomic E-state index is 11.9. The summed E-state index contributed by atoms with van der Waals surface area (Å²) < 4.78 is 16.9. The molecule has 0 fully saturated rings. The van der Waals surface area contributed by atoms with Crippen molar-refractivity contribution in [2.24, 2.45) is 0 Å². The summed E-state index contributed by atoms with van der Waals surface area (Å²) in [5, 5.41) is 16.4. The third-order valence-electron chi connectivity index (χ3n) is 3.94. The number of H-pyrrole nitrogens is 1. The lowest BCUT2D eigenvalue weighted by Crippen LogP contribution is -2.24. The van der Waals surface area contributed by atoms with Gasteiger partial charge in [0.05, 0.1) is 26.3 Å². The van der Waals surface area contributed by atoms with Gasteiger partial charge in [0.15, 0.2) is 0 Å². The first-order chi connectivity index (χ1) is 13.0. The molecule has 0 bridgehead atoms. The Balaban J connectivity index is 1.73. The second kappa shape index (κ2) is 7.92. The molecular formula is C18H19N3O6. The van der Waals surface area contributed by atoms with Crippen LogP contribution in [0.1, 0.15) is 10.4 Å². The van der Waals surface area contributed by atoms with Crippen LogP contribution in [-0.2, 0) is 11.3 Å². The van der Waals surface area contributed by atoms with Crippen molar-refractivity contribution < 1.29 is 24.1 Å². The third-order valence-corrected chi connectivity index (χ3v) is 3.94. The van der Waals surface area contributed by atoms with E-state index in [4.69, 9.17) is 14.2 Å². The number of carbonyl (C=O) groups is 1. The van der Waals surface area contributed by atoms with Crippen LogP contribution >= 0.6 is 0 Å². The van der Waals surface area contributed by atoms with Crippen molar-refractivity contribution in [3.05, 3.63) is 52.6 Å². The topological polar surface area (TPSA) is 116 Å². The van der Waals surface area contributed by atoms with Crippen LogP contribution in [0.3, 0.4) is 0 Å². The van der Waals surface area contributed by atoms with Gasteiger partial charge in [0.1, 0.15) is 35.5 Å². The van der Waals surface area contributed by atoms with Gasteiger partial charge in [-0.05, 0) is 24.3 Å². The molecule has 27 heavy (non-hydrogen) atoms. The predicted molar refractivity (Wildman–Crippen MR) is 95.3 cm³/mol. The number of ether oxygens (including phenoxy) is 3. The fourth-order valence-electron chi connectivity index (χ4n) is 2.61. The first-order valence-electron chi connectivity index (χ1n) is 8.13. The minimum Gasteiger partial charge on any atom is -0.497 e. The number of aromatic amines is 1. The van der Waals surface area contributed by atoms with Gasteiger partial charge >= 0.3 is 5.97 Å². The highest BCUT2D eigenvalue weighted by molar-refractivity contribution is 5.95. The lowest BCUT2D eigenvalue weighted by atomic mass is 10.1. The zero-order chi connectivity index (χ0) is 19.4. The van der Waals surface area contributed by atoms with Crippen LogP contribution in [0.15, 0.2) is 41.5 Å². The summed E-state index contributed by atoms with van der Waals surface area (Å²) in [7, 11) is 2.82. The van der Waals surface area contributed by atoms with Gasteiger partial charge in [0.25, 0.3) is 5.56 Å². The number of hydrogen-bond donors (Lipinski definition) is 2. The van der Waals surface area contributed by atoms with Crippen molar-refractivity contribution in [2.45, 2.75) is 12.6 Å². The molecule has 0 aromatic heterocycles. The van der Waals surface area contributed by atoms with E-state index in [1.54, 1.807) is 31.4 Å². The molecule has 0 amide bonds. The molecule has 0 aliphatic carbocycles. The number of pyridine rings is 1. The van der Waals surface area contributed by atoms with Gasteiger partial charge < -0.3 is 23.9 Å². The number of carbonyl (C=O) groups excluding carboxylic acids is 1. The van der Waals surface area contributed by atoms with Crippen LogP contribution in [0.5, 0.6) is 11.5 Å². The molecule has 0 spiro atoms. The van der Waals surface area contributed by atoms with Crippen molar-refractivity contribution >= 4 is 5.97 Å². The molecule has 2 heterocycles. The number of esters is 1. The molecule has 1 aromatic rings. The number of nitrogens with zero attached hydrogens (tertiary/aromatic N) is 2. The maximum atomic E-state index is 11.9. The van der Waals surface area contributed by atoms with Gasteiger partial charge in [-0.15, -0.1) is 0 Å². The number of aliphatic hydroxyl groups is 1. The van der Waals surface area contributed by atoms with E-state index in [1.165, 1.54) is 24.1 Å². The van der Waals surface area contributed by atoms with Crippen LogP contribution in [0.4, 0.5) is 0 Å². The molecule has 1 aromatic carbocycles. The quantitative estimate of drug-likeness (QED) is 0.592. The summed E-state index contributed by atoms with van der Waals surface area (Å²) in [5.74, 6) is 0.669. The van der Waals surface area contributed by atoms with Crippen molar-refractivity contribution in [3.63, 3.8) is 0 Å². The monoisotopic (exact) mass is 373 g/mol. The highest BCUT2D eigenvalue weighted by Crippen LogP contribution is 2.21. The average Bonchev–Trinajstić information content (AvgIpc) is 3.06. The third kappa shape index (κ3) is 4.09. The Morgan fingerprint density at radius 3 is 2.59 bits per heavy atom. The van der Waals surface area contributed by atoms with Gasteiger partial charge in [-0.3, -0.25) is 4.79 Å². The maximum Gasteiger partial charge on any atom is 0.341 e. The van der Waals surface area contributed by atoms with E-state index in [1.807, 2.05) is 0 Å². The Morgan fingerprint density at radius 2 is 1.93 bits per heavy atom.